The van der Waals surface area contributed by atoms with E-state index in [1.807, 2.05) is 22.6 Å². The number of rotatable bonds is 1. The highest BCUT2D eigenvalue weighted by molar-refractivity contribution is 14.1. The van der Waals surface area contributed by atoms with Gasteiger partial charge in [-0.2, -0.15) is 0 Å². The summed E-state index contributed by atoms with van der Waals surface area (Å²) in [5, 5.41) is -0.286. The highest BCUT2D eigenvalue weighted by Gasteiger charge is 1.82. The summed E-state index contributed by atoms with van der Waals surface area (Å²) in [5.74, 6) is 0. The Hall–Kier alpha value is 0.690. The lowest BCUT2D eigenvalue weighted by Crippen LogP contribution is -1.80. The largest absolute Gasteiger partial charge is 0.280 e. The SMILES string of the molecule is O=C(Cl)CI. The number of hydrogen-bond acceptors (Lipinski definition) is 1. The molecule has 0 aromatic heterocycles. The molecule has 3 heteroatoms. The summed E-state index contributed by atoms with van der Waals surface area (Å²) in [6, 6.07) is 0. The van der Waals surface area contributed by atoms with Crippen molar-refractivity contribution in [2.24, 2.45) is 0 Å². The van der Waals surface area contributed by atoms with E-state index in [-0.39, 0.29) is 5.24 Å². The lowest BCUT2D eigenvalue weighted by atomic mass is 10.9. The zero-order valence-corrected chi connectivity index (χ0v) is 5.28. The third-order valence-electron chi connectivity index (χ3n) is 0.105. The van der Waals surface area contributed by atoms with E-state index >= 15 is 0 Å². The average Bonchev–Trinajstić information content (AvgIpc) is 1.38. The molecule has 0 amide bonds. The fraction of sp³-hybridized carbons (Fsp3) is 0.500. The van der Waals surface area contributed by atoms with Crippen LogP contribution >= 0.6 is 34.2 Å². The molecule has 0 radical (unpaired) electrons. The molecule has 0 aromatic rings. The molecule has 0 unspecified atom stereocenters. The molecule has 30 valence electrons. The lowest BCUT2D eigenvalue weighted by molar-refractivity contribution is -0.109. The molecule has 0 saturated carbocycles. The van der Waals surface area contributed by atoms with Gasteiger partial charge in [0.1, 0.15) is 0 Å². The van der Waals surface area contributed by atoms with E-state index in [9.17, 15) is 4.79 Å². The molecule has 0 N–H and O–H groups in total. The van der Waals surface area contributed by atoms with Gasteiger partial charge in [0.15, 0.2) is 0 Å². The van der Waals surface area contributed by atoms with Crippen LogP contribution < -0.4 is 0 Å². The Labute approximate surface area is 48.8 Å². The minimum absolute atomic E-state index is 0.286. The maximum absolute atomic E-state index is 9.57. The van der Waals surface area contributed by atoms with Gasteiger partial charge in [0, 0.05) is 0 Å². The van der Waals surface area contributed by atoms with E-state index in [0.717, 1.165) is 0 Å². The topological polar surface area (TPSA) is 17.1 Å². The van der Waals surface area contributed by atoms with Gasteiger partial charge in [-0.15, -0.1) is 0 Å². The molecule has 0 aromatic carbocycles. The summed E-state index contributed by atoms with van der Waals surface area (Å²) in [6.45, 7) is 0. The molecule has 0 heterocycles. The third kappa shape index (κ3) is 4.69. The van der Waals surface area contributed by atoms with Gasteiger partial charge in [0.25, 0.3) is 0 Å². The summed E-state index contributed by atoms with van der Waals surface area (Å²) in [6.07, 6.45) is 0. The maximum Gasteiger partial charge on any atom is 0.231 e. The molecule has 0 aliphatic heterocycles. The third-order valence-corrected chi connectivity index (χ3v) is 1.38. The Balaban J connectivity index is 2.85. The minimum Gasteiger partial charge on any atom is -0.280 e. The summed E-state index contributed by atoms with van der Waals surface area (Å²) < 4.78 is 0.402. The second-order valence-corrected chi connectivity index (χ2v) is 1.67. The summed E-state index contributed by atoms with van der Waals surface area (Å²) >= 11 is 6.71. The van der Waals surface area contributed by atoms with E-state index in [1.165, 1.54) is 0 Å². The van der Waals surface area contributed by atoms with Crippen molar-refractivity contribution in [1.29, 1.82) is 0 Å². The fourth-order valence-corrected chi connectivity index (χ4v) is 0. The van der Waals surface area contributed by atoms with Gasteiger partial charge in [-0.25, -0.2) is 0 Å². The number of alkyl halides is 1. The lowest BCUT2D eigenvalue weighted by Gasteiger charge is -1.66. The van der Waals surface area contributed by atoms with Crippen molar-refractivity contribution >= 4 is 39.4 Å². The van der Waals surface area contributed by atoms with Crippen LogP contribution in [0.2, 0.25) is 0 Å². The molecular formula is C2H2ClIO. The minimum atomic E-state index is -0.286. The molecule has 0 fully saturated rings. The van der Waals surface area contributed by atoms with Crippen molar-refractivity contribution in [3.8, 4) is 0 Å². The molecular weight excluding hydrogens is 202 g/mol. The molecule has 0 saturated heterocycles. The first-order valence-corrected chi connectivity index (χ1v) is 2.92. The molecule has 0 atom stereocenters. The molecule has 0 aliphatic rings. The van der Waals surface area contributed by atoms with E-state index in [4.69, 9.17) is 11.6 Å². The Bertz CT molecular complexity index is 44.9. The van der Waals surface area contributed by atoms with Gasteiger partial charge in [-0.3, -0.25) is 4.79 Å². The number of halogens is 2. The van der Waals surface area contributed by atoms with Crippen LogP contribution in [0.5, 0.6) is 0 Å². The molecule has 0 aliphatic carbocycles. The molecule has 0 rings (SSSR count). The van der Waals surface area contributed by atoms with Gasteiger partial charge < -0.3 is 0 Å². The summed E-state index contributed by atoms with van der Waals surface area (Å²) in [5.41, 5.74) is 0. The first kappa shape index (κ1) is 5.69. The molecule has 0 spiro atoms. The molecule has 0 bridgehead atoms. The van der Waals surface area contributed by atoms with Crippen LogP contribution in [-0.2, 0) is 4.79 Å². The highest BCUT2D eigenvalue weighted by Crippen LogP contribution is 1.84. The smallest absolute Gasteiger partial charge is 0.231 e. The molecule has 5 heavy (non-hydrogen) atoms. The van der Waals surface area contributed by atoms with Crippen LogP contribution in [0.3, 0.4) is 0 Å². The summed E-state index contributed by atoms with van der Waals surface area (Å²) in [4.78, 5) is 9.57. The predicted octanol–water partition coefficient (Wildman–Crippen LogP) is 1.19. The zero-order chi connectivity index (χ0) is 4.28. The van der Waals surface area contributed by atoms with Gasteiger partial charge >= 0.3 is 0 Å². The Morgan fingerprint density at radius 1 is 2.00 bits per heavy atom. The second kappa shape index (κ2) is 2.90. The van der Waals surface area contributed by atoms with E-state index in [1.54, 1.807) is 0 Å². The number of hydrogen-bond donors (Lipinski definition) is 0. The normalized spacial score (nSPS) is 7.60. The van der Waals surface area contributed by atoms with Crippen LogP contribution in [0.4, 0.5) is 0 Å². The zero-order valence-electron chi connectivity index (χ0n) is 2.37. The van der Waals surface area contributed by atoms with Crippen LogP contribution in [0, 0.1) is 0 Å². The first-order valence-electron chi connectivity index (χ1n) is 1.01. The maximum atomic E-state index is 9.57. The van der Waals surface area contributed by atoms with E-state index in [2.05, 4.69) is 0 Å². The van der Waals surface area contributed by atoms with Crippen LogP contribution in [-0.4, -0.2) is 9.67 Å². The Morgan fingerprint density at radius 2 is 2.20 bits per heavy atom. The van der Waals surface area contributed by atoms with Crippen LogP contribution in [0.25, 0.3) is 0 Å². The Kier molecular flexibility index (Phi) is 3.30. The Morgan fingerprint density at radius 3 is 2.20 bits per heavy atom. The van der Waals surface area contributed by atoms with Crippen LogP contribution in [0.15, 0.2) is 0 Å². The van der Waals surface area contributed by atoms with Crippen molar-refractivity contribution in [3.05, 3.63) is 0 Å². The van der Waals surface area contributed by atoms with Gasteiger partial charge in [0.2, 0.25) is 5.24 Å². The average molecular weight is 204 g/mol. The van der Waals surface area contributed by atoms with Gasteiger partial charge in [0.05, 0.1) is 4.43 Å². The number of carbonyl (C=O) groups is 1. The van der Waals surface area contributed by atoms with Crippen molar-refractivity contribution in [2.45, 2.75) is 0 Å². The fourth-order valence-electron chi connectivity index (χ4n) is 0. The number of carbonyl (C=O) groups excluding carboxylic acids is 1. The van der Waals surface area contributed by atoms with E-state index < -0.39 is 0 Å². The van der Waals surface area contributed by atoms with Gasteiger partial charge in [-0.1, -0.05) is 22.6 Å². The van der Waals surface area contributed by atoms with Crippen molar-refractivity contribution in [2.75, 3.05) is 4.43 Å². The predicted molar refractivity (Wildman–Crippen MR) is 29.7 cm³/mol. The van der Waals surface area contributed by atoms with Crippen LogP contribution in [0.1, 0.15) is 0 Å². The van der Waals surface area contributed by atoms with Crippen molar-refractivity contribution < 1.29 is 4.79 Å². The molecule has 1 nitrogen and oxygen atoms in total. The van der Waals surface area contributed by atoms with Crippen molar-refractivity contribution in [1.82, 2.24) is 0 Å². The highest BCUT2D eigenvalue weighted by atomic mass is 127. The van der Waals surface area contributed by atoms with Crippen molar-refractivity contribution in [3.63, 3.8) is 0 Å². The summed E-state index contributed by atoms with van der Waals surface area (Å²) in [7, 11) is 0. The van der Waals surface area contributed by atoms with E-state index in [0.29, 0.717) is 4.43 Å². The quantitative estimate of drug-likeness (QED) is 0.356. The second-order valence-electron chi connectivity index (χ2n) is 0.489. The van der Waals surface area contributed by atoms with Gasteiger partial charge in [-0.05, 0) is 11.6 Å². The first-order chi connectivity index (χ1) is 2.27. The standard InChI is InChI=1S/C2H2ClIO/c3-2(5)1-4/h1H2. The monoisotopic (exact) mass is 204 g/mol.